The topological polar surface area (TPSA) is 59.8 Å². The van der Waals surface area contributed by atoms with Gasteiger partial charge in [-0.3, -0.25) is 14.3 Å². The summed E-state index contributed by atoms with van der Waals surface area (Å²) in [5.74, 6) is -0.377. The van der Waals surface area contributed by atoms with E-state index in [9.17, 15) is 4.79 Å². The molecule has 7 heteroatoms. The molecule has 36 heavy (non-hydrogen) atoms. The second kappa shape index (κ2) is 8.26. The number of fused-ring (bicyclic) bond motifs is 4. The molecule has 0 amide bonds. The van der Waals surface area contributed by atoms with Gasteiger partial charge in [0.25, 0.3) is 5.56 Å². The monoisotopic (exact) mass is 484 g/mol. The molecule has 0 saturated carbocycles. The van der Waals surface area contributed by atoms with Crippen molar-refractivity contribution < 1.29 is 9.47 Å². The number of hydrogen-bond acceptors (Lipinski definition) is 6. The fraction of sp³-hybridized carbons (Fsp3) is 0.448. The second-order valence-corrected chi connectivity index (χ2v) is 10.7. The van der Waals surface area contributed by atoms with E-state index in [1.807, 2.05) is 6.07 Å². The summed E-state index contributed by atoms with van der Waals surface area (Å²) in [6, 6.07) is 13.5. The van der Waals surface area contributed by atoms with Crippen LogP contribution in [0.25, 0.3) is 16.6 Å². The number of pyridine rings is 2. The van der Waals surface area contributed by atoms with Crippen LogP contribution in [0.1, 0.15) is 48.9 Å². The molecule has 186 valence electrons. The van der Waals surface area contributed by atoms with Crippen molar-refractivity contribution in [2.24, 2.45) is 7.05 Å². The number of ether oxygens (including phenoxy) is 2. The van der Waals surface area contributed by atoms with Gasteiger partial charge in [-0.05, 0) is 53.8 Å². The van der Waals surface area contributed by atoms with Crippen LogP contribution in [0.2, 0.25) is 0 Å². The van der Waals surface area contributed by atoms with E-state index >= 15 is 0 Å². The van der Waals surface area contributed by atoms with Crippen LogP contribution in [0.15, 0.2) is 53.5 Å². The zero-order chi connectivity index (χ0) is 24.4. The van der Waals surface area contributed by atoms with Crippen molar-refractivity contribution in [1.29, 1.82) is 0 Å². The summed E-state index contributed by atoms with van der Waals surface area (Å²) in [6.07, 6.45) is 6.82. The lowest BCUT2D eigenvalue weighted by Crippen LogP contribution is -2.51. The Labute approximate surface area is 210 Å². The second-order valence-electron chi connectivity index (χ2n) is 10.7. The highest BCUT2D eigenvalue weighted by Crippen LogP contribution is 2.43. The number of anilines is 1. The van der Waals surface area contributed by atoms with Crippen molar-refractivity contribution in [2.45, 2.75) is 50.6 Å². The van der Waals surface area contributed by atoms with E-state index in [1.54, 1.807) is 23.9 Å². The summed E-state index contributed by atoms with van der Waals surface area (Å²) in [5.41, 5.74) is 7.29. The van der Waals surface area contributed by atoms with E-state index in [1.165, 1.54) is 22.3 Å². The van der Waals surface area contributed by atoms with Crippen LogP contribution in [0.3, 0.4) is 0 Å². The van der Waals surface area contributed by atoms with Gasteiger partial charge in [0.1, 0.15) is 5.65 Å². The average molecular weight is 485 g/mol. The van der Waals surface area contributed by atoms with E-state index in [0.717, 1.165) is 55.6 Å². The molecule has 0 N–H and O–H groups in total. The van der Waals surface area contributed by atoms with E-state index in [0.29, 0.717) is 25.3 Å². The van der Waals surface area contributed by atoms with Crippen molar-refractivity contribution in [3.05, 3.63) is 75.7 Å². The predicted octanol–water partition coefficient (Wildman–Crippen LogP) is 4.01. The third-order valence-corrected chi connectivity index (χ3v) is 8.63. The molecule has 2 fully saturated rings. The van der Waals surface area contributed by atoms with Gasteiger partial charge in [-0.25, -0.2) is 4.98 Å². The number of hydrogen-bond donors (Lipinski definition) is 0. The first-order valence-electron chi connectivity index (χ1n) is 13.1. The summed E-state index contributed by atoms with van der Waals surface area (Å²) in [7, 11) is 1.79. The zero-order valence-electron chi connectivity index (χ0n) is 20.9. The minimum Gasteiger partial charge on any atom is -0.367 e. The van der Waals surface area contributed by atoms with Gasteiger partial charge >= 0.3 is 0 Å². The number of rotatable bonds is 2. The normalized spacial score (nSPS) is 25.3. The van der Waals surface area contributed by atoms with Gasteiger partial charge in [0.05, 0.1) is 24.9 Å². The number of nitrogens with zero attached hydrogens (tertiary/aromatic N) is 4. The molecule has 5 heterocycles. The standard InChI is InChI=1S/C29H32N4O3/c1-19-16-32(25-15-27(34)31(2)28-24(25)4-3-11-30-28)18-26-23-6-5-21(14-22(23)17-33(19)26)20-7-9-29(10-8-20)35-12-13-36-29/h3-7,11,14-15,19,26H,8-10,12-13,16-18H2,1-2H3/t19-,26-/m1/s1. The molecule has 4 aliphatic rings. The molecule has 0 unspecified atom stereocenters. The van der Waals surface area contributed by atoms with E-state index < -0.39 is 0 Å². The third kappa shape index (κ3) is 3.44. The van der Waals surface area contributed by atoms with Crippen LogP contribution >= 0.6 is 0 Å². The molecule has 7 rings (SSSR count). The van der Waals surface area contributed by atoms with Crippen LogP contribution in [0.4, 0.5) is 5.69 Å². The van der Waals surface area contributed by atoms with Gasteiger partial charge in [0, 0.05) is 63.2 Å². The first-order chi connectivity index (χ1) is 17.5. The summed E-state index contributed by atoms with van der Waals surface area (Å²) in [6.45, 7) is 6.45. The average Bonchev–Trinajstić information content (AvgIpc) is 3.51. The maximum Gasteiger partial charge on any atom is 0.253 e. The molecular formula is C29H32N4O3. The summed E-state index contributed by atoms with van der Waals surface area (Å²) in [4.78, 5) is 22.3. The summed E-state index contributed by atoms with van der Waals surface area (Å²) < 4.78 is 13.4. The van der Waals surface area contributed by atoms with E-state index in [2.05, 4.69) is 52.0 Å². The number of benzene rings is 1. The highest BCUT2D eigenvalue weighted by atomic mass is 16.7. The van der Waals surface area contributed by atoms with Crippen molar-refractivity contribution in [2.75, 3.05) is 31.2 Å². The zero-order valence-corrected chi connectivity index (χ0v) is 20.9. The molecule has 1 aliphatic carbocycles. The Morgan fingerprint density at radius 3 is 2.78 bits per heavy atom. The van der Waals surface area contributed by atoms with Crippen LogP contribution < -0.4 is 10.5 Å². The number of aryl methyl sites for hydroxylation is 1. The molecule has 3 aromatic rings. The van der Waals surface area contributed by atoms with Gasteiger partial charge in [-0.2, -0.15) is 0 Å². The smallest absolute Gasteiger partial charge is 0.253 e. The number of aromatic nitrogens is 2. The molecule has 0 radical (unpaired) electrons. The van der Waals surface area contributed by atoms with E-state index in [4.69, 9.17) is 9.47 Å². The molecule has 1 spiro atoms. The van der Waals surface area contributed by atoms with Crippen LogP contribution in [-0.2, 0) is 23.1 Å². The molecule has 1 aromatic carbocycles. The van der Waals surface area contributed by atoms with Crippen molar-refractivity contribution in [3.63, 3.8) is 0 Å². The number of piperazine rings is 1. The van der Waals surface area contributed by atoms with Crippen LogP contribution in [-0.4, -0.2) is 52.6 Å². The maximum absolute atomic E-state index is 12.7. The SMILES string of the molecule is C[C@@H]1CN(c2cc(=O)n(C)c3ncccc23)C[C@@H]2c3ccc(C4=CCC5(CC4)OCCO5)cc3CN12. The summed E-state index contributed by atoms with van der Waals surface area (Å²) in [5, 5.41) is 1.03. The Bertz CT molecular complexity index is 1440. The van der Waals surface area contributed by atoms with Gasteiger partial charge in [-0.1, -0.05) is 18.2 Å². The van der Waals surface area contributed by atoms with Gasteiger partial charge in [0.15, 0.2) is 5.79 Å². The van der Waals surface area contributed by atoms with Crippen LogP contribution in [0, 0.1) is 0 Å². The first kappa shape index (κ1) is 22.2. The molecular weight excluding hydrogens is 452 g/mol. The Morgan fingerprint density at radius 2 is 1.97 bits per heavy atom. The molecule has 2 saturated heterocycles. The Morgan fingerprint density at radius 1 is 1.11 bits per heavy atom. The first-order valence-corrected chi connectivity index (χ1v) is 13.1. The molecule has 0 bridgehead atoms. The minimum atomic E-state index is -0.377. The molecule has 2 atom stereocenters. The van der Waals surface area contributed by atoms with Gasteiger partial charge in [0.2, 0.25) is 0 Å². The Hall–Kier alpha value is -3.00. The Balaban J connectivity index is 1.19. The molecule has 2 aromatic heterocycles. The van der Waals surface area contributed by atoms with Crippen LogP contribution in [0.5, 0.6) is 0 Å². The van der Waals surface area contributed by atoms with Crippen molar-refractivity contribution >= 4 is 22.3 Å². The lowest BCUT2D eigenvalue weighted by Gasteiger charge is -2.43. The largest absolute Gasteiger partial charge is 0.367 e. The maximum atomic E-state index is 12.7. The molecule has 3 aliphatic heterocycles. The Kier molecular flexibility index (Phi) is 5.10. The quantitative estimate of drug-likeness (QED) is 0.548. The summed E-state index contributed by atoms with van der Waals surface area (Å²) >= 11 is 0. The minimum absolute atomic E-state index is 0.0151. The van der Waals surface area contributed by atoms with Crippen molar-refractivity contribution in [1.82, 2.24) is 14.5 Å². The fourth-order valence-corrected chi connectivity index (χ4v) is 6.67. The third-order valence-electron chi connectivity index (χ3n) is 8.63. The van der Waals surface area contributed by atoms with Gasteiger partial charge in [-0.15, -0.1) is 0 Å². The lowest BCUT2D eigenvalue weighted by atomic mass is 9.88. The highest BCUT2D eigenvalue weighted by Gasteiger charge is 2.40. The molecule has 7 nitrogen and oxygen atoms in total. The number of allylic oxidation sites excluding steroid dienone is 1. The highest BCUT2D eigenvalue weighted by molar-refractivity contribution is 5.89. The van der Waals surface area contributed by atoms with Gasteiger partial charge < -0.3 is 14.4 Å². The lowest BCUT2D eigenvalue weighted by molar-refractivity contribution is -0.159. The predicted molar refractivity (Wildman–Crippen MR) is 140 cm³/mol. The fourth-order valence-electron chi connectivity index (χ4n) is 6.67. The van der Waals surface area contributed by atoms with E-state index in [-0.39, 0.29) is 11.3 Å². The van der Waals surface area contributed by atoms with Crippen molar-refractivity contribution in [3.8, 4) is 0 Å².